The summed E-state index contributed by atoms with van der Waals surface area (Å²) in [6.07, 6.45) is 8.22. The molecule has 174 valence electrons. The molecule has 0 spiro atoms. The Balaban J connectivity index is 2.29. The fraction of sp³-hybridized carbons (Fsp3) is 0.560. The predicted molar refractivity (Wildman–Crippen MR) is 124 cm³/mol. The largest absolute Gasteiger partial charge is 0.444 e. The van der Waals surface area contributed by atoms with Gasteiger partial charge in [0.25, 0.3) is 0 Å². The predicted octanol–water partition coefficient (Wildman–Crippen LogP) is 3.53. The average molecular weight is 442 g/mol. The van der Waals surface area contributed by atoms with E-state index in [4.69, 9.17) is 11.2 Å². The van der Waals surface area contributed by atoms with Crippen LogP contribution in [0.25, 0.3) is 0 Å². The molecule has 2 rings (SSSR count). The van der Waals surface area contributed by atoms with E-state index in [-0.39, 0.29) is 17.9 Å². The molecule has 1 aliphatic carbocycles. The highest BCUT2D eigenvalue weighted by atomic mass is 16.6. The molecule has 7 nitrogen and oxygen atoms in total. The van der Waals surface area contributed by atoms with Crippen molar-refractivity contribution in [3.63, 3.8) is 0 Å². The van der Waals surface area contributed by atoms with E-state index in [9.17, 15) is 14.4 Å². The maximum absolute atomic E-state index is 13.4. The van der Waals surface area contributed by atoms with Crippen molar-refractivity contribution in [3.05, 3.63) is 35.4 Å². The van der Waals surface area contributed by atoms with Crippen molar-refractivity contribution in [2.75, 3.05) is 6.54 Å². The summed E-state index contributed by atoms with van der Waals surface area (Å²) in [6.45, 7) is 9.46. The van der Waals surface area contributed by atoms with Gasteiger partial charge < -0.3 is 20.3 Å². The summed E-state index contributed by atoms with van der Waals surface area (Å²) < 4.78 is 5.28. The Morgan fingerprint density at radius 1 is 1.22 bits per heavy atom. The molecule has 7 heteroatoms. The number of nitrogens with zero attached hydrogens (tertiary/aromatic N) is 1. The van der Waals surface area contributed by atoms with Gasteiger partial charge in [0.05, 0.1) is 0 Å². The van der Waals surface area contributed by atoms with Crippen LogP contribution in [0.3, 0.4) is 0 Å². The standard InChI is InChI=1S/C25H35N3O4/c1-7-9-16-26-22(29)21(19-12-10-18(8-2)11-13-19)28(20-14-15-20)23(30)17(3)27-24(31)32-25(4,5)6/h2,10-13,17,20-21H,7,9,14-16H2,1,3-6H3,(H,26,29)(H,27,31). The third-order valence-electron chi connectivity index (χ3n) is 5.05. The second-order valence-electron chi connectivity index (χ2n) is 9.16. The second kappa shape index (κ2) is 11.0. The van der Waals surface area contributed by atoms with E-state index < -0.39 is 23.8 Å². The van der Waals surface area contributed by atoms with Crippen molar-refractivity contribution in [3.8, 4) is 12.3 Å². The highest BCUT2D eigenvalue weighted by Gasteiger charge is 2.43. The molecule has 0 bridgehead atoms. The summed E-state index contributed by atoms with van der Waals surface area (Å²) in [4.78, 5) is 40.5. The number of carbonyl (C=O) groups excluding carboxylic acids is 3. The lowest BCUT2D eigenvalue weighted by Gasteiger charge is -2.34. The van der Waals surface area contributed by atoms with Crippen LogP contribution in [-0.2, 0) is 14.3 Å². The zero-order chi connectivity index (χ0) is 23.9. The number of benzene rings is 1. The SMILES string of the molecule is C#Cc1ccc(C(C(=O)NCCCC)N(C(=O)C(C)NC(=O)OC(C)(C)C)C2CC2)cc1. The summed E-state index contributed by atoms with van der Waals surface area (Å²) in [6, 6.07) is 5.39. The van der Waals surface area contributed by atoms with Crippen molar-refractivity contribution in [2.45, 2.75) is 84.0 Å². The number of nitrogens with one attached hydrogen (secondary N) is 2. The molecule has 32 heavy (non-hydrogen) atoms. The minimum atomic E-state index is -0.846. The molecule has 3 amide bonds. The molecule has 2 unspecified atom stereocenters. The summed E-state index contributed by atoms with van der Waals surface area (Å²) in [5.74, 6) is 2.00. The number of hydrogen-bond acceptors (Lipinski definition) is 4. The highest BCUT2D eigenvalue weighted by Crippen LogP contribution is 2.35. The van der Waals surface area contributed by atoms with E-state index in [1.54, 1.807) is 56.9 Å². The normalized spacial score (nSPS) is 15.1. The quantitative estimate of drug-likeness (QED) is 0.453. The van der Waals surface area contributed by atoms with Gasteiger partial charge in [0, 0.05) is 18.2 Å². The van der Waals surface area contributed by atoms with Crippen molar-refractivity contribution in [1.82, 2.24) is 15.5 Å². The zero-order valence-corrected chi connectivity index (χ0v) is 19.7. The number of ether oxygens (including phenoxy) is 1. The Bertz CT molecular complexity index is 847. The molecule has 0 saturated heterocycles. The third-order valence-corrected chi connectivity index (χ3v) is 5.05. The van der Waals surface area contributed by atoms with E-state index in [0.29, 0.717) is 17.7 Å². The van der Waals surface area contributed by atoms with E-state index in [2.05, 4.69) is 16.6 Å². The molecule has 0 radical (unpaired) electrons. The second-order valence-corrected chi connectivity index (χ2v) is 9.16. The third kappa shape index (κ3) is 7.30. The van der Waals surface area contributed by atoms with Gasteiger partial charge in [0.1, 0.15) is 17.7 Å². The first-order valence-corrected chi connectivity index (χ1v) is 11.2. The van der Waals surface area contributed by atoms with Crippen LogP contribution in [0, 0.1) is 12.3 Å². The van der Waals surface area contributed by atoms with Gasteiger partial charge in [-0.15, -0.1) is 6.42 Å². The van der Waals surface area contributed by atoms with Crippen LogP contribution in [0.5, 0.6) is 0 Å². The number of hydrogen-bond donors (Lipinski definition) is 2. The maximum Gasteiger partial charge on any atom is 0.408 e. The Kier molecular flexibility index (Phi) is 8.71. The van der Waals surface area contributed by atoms with Gasteiger partial charge in [0.15, 0.2) is 0 Å². The van der Waals surface area contributed by atoms with Gasteiger partial charge >= 0.3 is 6.09 Å². The van der Waals surface area contributed by atoms with E-state index in [1.165, 1.54) is 0 Å². The van der Waals surface area contributed by atoms with Crippen LogP contribution < -0.4 is 10.6 Å². The summed E-state index contributed by atoms with van der Waals surface area (Å²) >= 11 is 0. The number of amides is 3. The minimum absolute atomic E-state index is 0.0559. The van der Waals surface area contributed by atoms with Crippen LogP contribution in [0.15, 0.2) is 24.3 Å². The molecule has 1 aromatic rings. The molecular weight excluding hydrogens is 406 g/mol. The molecule has 0 heterocycles. The lowest BCUT2D eigenvalue weighted by Crippen LogP contribution is -2.52. The van der Waals surface area contributed by atoms with E-state index in [1.807, 2.05) is 6.92 Å². The smallest absolute Gasteiger partial charge is 0.408 e. The molecule has 2 atom stereocenters. The van der Waals surface area contributed by atoms with Crippen molar-refractivity contribution in [1.29, 1.82) is 0 Å². The first-order valence-electron chi connectivity index (χ1n) is 11.2. The molecule has 1 aliphatic rings. The molecule has 1 saturated carbocycles. The van der Waals surface area contributed by atoms with Gasteiger partial charge in [-0.2, -0.15) is 0 Å². The fourth-order valence-electron chi connectivity index (χ4n) is 3.33. The summed E-state index contributed by atoms with van der Waals surface area (Å²) in [7, 11) is 0. The number of rotatable bonds is 9. The number of alkyl carbamates (subject to hydrolysis) is 1. The Morgan fingerprint density at radius 2 is 1.84 bits per heavy atom. The Labute approximate surface area is 191 Å². The number of carbonyl (C=O) groups is 3. The van der Waals surface area contributed by atoms with E-state index >= 15 is 0 Å². The van der Waals surface area contributed by atoms with Crippen LogP contribution in [0.2, 0.25) is 0 Å². The number of terminal acetylenes is 1. The monoisotopic (exact) mass is 441 g/mol. The first-order chi connectivity index (χ1) is 15.1. The highest BCUT2D eigenvalue weighted by molar-refractivity contribution is 5.92. The molecule has 0 aliphatic heterocycles. The lowest BCUT2D eigenvalue weighted by molar-refractivity contribution is -0.142. The van der Waals surface area contributed by atoms with Gasteiger partial charge in [-0.3, -0.25) is 9.59 Å². The maximum atomic E-state index is 13.4. The number of unbranched alkanes of at least 4 members (excludes halogenated alkanes) is 1. The van der Waals surface area contributed by atoms with Crippen LogP contribution in [0.1, 0.15) is 77.5 Å². The zero-order valence-electron chi connectivity index (χ0n) is 19.7. The van der Waals surface area contributed by atoms with Crippen molar-refractivity contribution >= 4 is 17.9 Å². The topological polar surface area (TPSA) is 87.7 Å². The minimum Gasteiger partial charge on any atom is -0.444 e. The summed E-state index contributed by atoms with van der Waals surface area (Å²) in [5.41, 5.74) is 0.703. The molecular formula is C25H35N3O4. The van der Waals surface area contributed by atoms with Crippen LogP contribution in [0.4, 0.5) is 4.79 Å². The van der Waals surface area contributed by atoms with Crippen molar-refractivity contribution in [2.24, 2.45) is 0 Å². The van der Waals surface area contributed by atoms with Gasteiger partial charge in [-0.25, -0.2) is 4.79 Å². The lowest BCUT2D eigenvalue weighted by atomic mass is 10.0. The van der Waals surface area contributed by atoms with Gasteiger partial charge in [-0.1, -0.05) is 31.4 Å². The van der Waals surface area contributed by atoms with Crippen LogP contribution >= 0.6 is 0 Å². The Morgan fingerprint density at radius 3 is 2.34 bits per heavy atom. The van der Waals surface area contributed by atoms with Gasteiger partial charge in [0.2, 0.25) is 11.8 Å². The van der Waals surface area contributed by atoms with Crippen molar-refractivity contribution < 1.29 is 19.1 Å². The summed E-state index contributed by atoms with van der Waals surface area (Å²) in [5, 5.41) is 5.56. The van der Waals surface area contributed by atoms with Crippen LogP contribution in [-0.4, -0.2) is 47.0 Å². The molecule has 2 N–H and O–H groups in total. The Hall–Kier alpha value is -3.01. The van der Waals surface area contributed by atoms with Gasteiger partial charge in [-0.05, 0) is 64.7 Å². The molecule has 0 aromatic heterocycles. The average Bonchev–Trinajstić information content (AvgIpc) is 3.55. The molecule has 1 fully saturated rings. The fourth-order valence-corrected chi connectivity index (χ4v) is 3.33. The molecule has 1 aromatic carbocycles. The van der Waals surface area contributed by atoms with E-state index in [0.717, 1.165) is 25.7 Å². The first kappa shape index (κ1) is 25.3.